The maximum absolute atomic E-state index is 6.16. The summed E-state index contributed by atoms with van der Waals surface area (Å²) in [6, 6.07) is 10.5. The molecule has 0 radical (unpaired) electrons. The van der Waals surface area contributed by atoms with Gasteiger partial charge in [0.05, 0.1) is 17.7 Å². The Morgan fingerprint density at radius 1 is 1.34 bits per heavy atom. The van der Waals surface area contributed by atoms with Crippen LogP contribution in [0.25, 0.3) is 0 Å². The average Bonchev–Trinajstić information content (AvgIpc) is 3.09. The summed E-state index contributed by atoms with van der Waals surface area (Å²) in [7, 11) is 0. The Balaban J connectivity index is 0.00000450. The molecule has 1 aliphatic heterocycles. The van der Waals surface area contributed by atoms with Crippen LogP contribution in [0.15, 0.2) is 60.1 Å². The van der Waals surface area contributed by atoms with Crippen molar-refractivity contribution in [2.45, 2.75) is 64.6 Å². The van der Waals surface area contributed by atoms with Crippen LogP contribution in [0.3, 0.4) is 0 Å². The second kappa shape index (κ2) is 11.3. The molecule has 29 heavy (non-hydrogen) atoms. The van der Waals surface area contributed by atoms with Crippen molar-refractivity contribution in [2.75, 3.05) is 19.8 Å². The molecule has 2 rings (SSSR count). The van der Waals surface area contributed by atoms with Crippen molar-refractivity contribution in [1.29, 1.82) is 0 Å². The van der Waals surface area contributed by atoms with Gasteiger partial charge < -0.3 is 14.8 Å². The summed E-state index contributed by atoms with van der Waals surface area (Å²) in [5, 5.41) is 3.66. The molecule has 1 N–H and O–H groups in total. The Morgan fingerprint density at radius 2 is 2.07 bits per heavy atom. The van der Waals surface area contributed by atoms with E-state index in [0.29, 0.717) is 12.5 Å². The minimum Gasteiger partial charge on any atom is -0.382 e. The van der Waals surface area contributed by atoms with E-state index >= 15 is 0 Å². The van der Waals surface area contributed by atoms with Gasteiger partial charge in [0.15, 0.2) is 0 Å². The van der Waals surface area contributed by atoms with E-state index in [0.717, 1.165) is 43.9 Å². The molecule has 162 valence electrons. The van der Waals surface area contributed by atoms with E-state index < -0.39 is 0 Å². The first-order valence-electron chi connectivity index (χ1n) is 10.8. The Hall–Kier alpha value is -1.91. The summed E-state index contributed by atoms with van der Waals surface area (Å²) in [6.07, 6.45) is 4.90. The third-order valence-corrected chi connectivity index (χ3v) is 5.68. The predicted molar refractivity (Wildman–Crippen MR) is 125 cm³/mol. The number of rotatable bonds is 13. The fourth-order valence-electron chi connectivity index (χ4n) is 3.84. The Kier molecular flexibility index (Phi) is 9.12. The first-order valence-corrected chi connectivity index (χ1v) is 10.8. The number of nitrogens with one attached hydrogen (secondary N) is 1. The van der Waals surface area contributed by atoms with E-state index in [1.54, 1.807) is 0 Å². The summed E-state index contributed by atoms with van der Waals surface area (Å²) in [5.74, 6) is 1.27. The van der Waals surface area contributed by atoms with Crippen molar-refractivity contribution in [3.8, 4) is 0 Å². The van der Waals surface area contributed by atoms with E-state index in [1.165, 1.54) is 5.56 Å². The van der Waals surface area contributed by atoms with Crippen molar-refractivity contribution >= 4 is 5.84 Å². The maximum atomic E-state index is 6.16. The molecule has 0 saturated heterocycles. The molecule has 0 saturated carbocycles. The molecule has 0 amide bonds. The van der Waals surface area contributed by atoms with Gasteiger partial charge >= 0.3 is 0 Å². The number of ether oxygens (including phenoxy) is 2. The molecule has 0 aliphatic carbocycles. The zero-order chi connectivity index (χ0) is 21.3. The lowest BCUT2D eigenvalue weighted by Gasteiger charge is -2.33. The van der Waals surface area contributed by atoms with Gasteiger partial charge in [0, 0.05) is 14.6 Å². The number of aliphatic imine (C=N–C) groups is 1. The van der Waals surface area contributed by atoms with Crippen LogP contribution in [0.2, 0.25) is 0 Å². The molecule has 1 heterocycles. The van der Waals surface area contributed by atoms with Crippen molar-refractivity contribution in [1.82, 2.24) is 5.32 Å². The Labute approximate surface area is 178 Å². The third kappa shape index (κ3) is 6.28. The van der Waals surface area contributed by atoms with Gasteiger partial charge in [0.25, 0.3) is 0 Å². The molecule has 0 aromatic heterocycles. The highest BCUT2D eigenvalue weighted by Crippen LogP contribution is 2.36. The normalized spacial score (nSPS) is 23.2. The van der Waals surface area contributed by atoms with Crippen LogP contribution in [0, 0.1) is 5.92 Å². The number of hydrogen-bond acceptors (Lipinski definition) is 4. The molecule has 0 fully saturated rings. The van der Waals surface area contributed by atoms with Gasteiger partial charge in [0.2, 0.25) is 0 Å². The number of amidine groups is 1. The van der Waals surface area contributed by atoms with Crippen LogP contribution in [0.4, 0.5) is 0 Å². The number of hydrogen-bond donors (Lipinski definition) is 1. The zero-order valence-corrected chi connectivity index (χ0v) is 18.6. The molecule has 4 nitrogen and oxygen atoms in total. The Bertz CT molecular complexity index is 692. The van der Waals surface area contributed by atoms with Crippen LogP contribution in [0.1, 0.15) is 53.9 Å². The lowest BCUT2D eigenvalue weighted by Crippen LogP contribution is -2.46. The van der Waals surface area contributed by atoms with E-state index in [1.807, 2.05) is 19.1 Å². The average molecular weight is 401 g/mol. The molecule has 1 aliphatic rings. The summed E-state index contributed by atoms with van der Waals surface area (Å²) < 4.78 is 11.6. The van der Waals surface area contributed by atoms with Crippen LogP contribution in [-0.2, 0) is 15.0 Å². The molecule has 4 atom stereocenters. The van der Waals surface area contributed by atoms with Crippen molar-refractivity contribution < 1.29 is 10.9 Å². The SMILES string of the molecule is C=CC(C)CC(=C)[C@H]1N=C(COC(CC)CCOCC)N[C@@]1(C)c1ccccc1.[HH]. The van der Waals surface area contributed by atoms with Crippen LogP contribution >= 0.6 is 0 Å². The molecule has 4 heteroatoms. The van der Waals surface area contributed by atoms with Crippen molar-refractivity contribution in [3.05, 3.63) is 60.7 Å². The Morgan fingerprint density at radius 3 is 2.69 bits per heavy atom. The summed E-state index contributed by atoms with van der Waals surface area (Å²) in [6.45, 7) is 18.8. The zero-order valence-electron chi connectivity index (χ0n) is 18.6. The third-order valence-electron chi connectivity index (χ3n) is 5.68. The largest absolute Gasteiger partial charge is 0.382 e. The lowest BCUT2D eigenvalue weighted by molar-refractivity contribution is 0.0395. The smallest absolute Gasteiger partial charge is 0.124 e. The van der Waals surface area contributed by atoms with Gasteiger partial charge in [0.1, 0.15) is 12.4 Å². The van der Waals surface area contributed by atoms with Crippen LogP contribution in [-0.4, -0.2) is 37.8 Å². The topological polar surface area (TPSA) is 42.9 Å². The van der Waals surface area contributed by atoms with Gasteiger partial charge in [-0.1, -0.05) is 56.8 Å². The highest BCUT2D eigenvalue weighted by molar-refractivity contribution is 5.87. The predicted octanol–water partition coefficient (Wildman–Crippen LogP) is 5.51. The standard InChI is InChI=1S/C25H38N2O2.H2/c1-7-19(4)17-20(5)24-25(6,21-13-11-10-12-14-21)27-23(26-24)18-29-22(8-2)15-16-28-9-3;/h7,10-14,19,22,24H,1,5,8-9,15-18H2,2-4,6H3,(H,26,27);1H/t19?,22?,24-,25+;/m1./s1. The first-order chi connectivity index (χ1) is 13.9. The second-order valence-corrected chi connectivity index (χ2v) is 8.07. The summed E-state index contributed by atoms with van der Waals surface area (Å²) in [4.78, 5) is 5.02. The van der Waals surface area contributed by atoms with Gasteiger partial charge in [-0.3, -0.25) is 4.99 Å². The van der Waals surface area contributed by atoms with E-state index in [2.05, 4.69) is 63.5 Å². The minimum atomic E-state index is -0.328. The summed E-state index contributed by atoms with van der Waals surface area (Å²) in [5.41, 5.74) is 2.00. The molecule has 1 aromatic rings. The van der Waals surface area contributed by atoms with Crippen molar-refractivity contribution in [2.24, 2.45) is 10.9 Å². The molecule has 0 spiro atoms. The van der Waals surface area contributed by atoms with Gasteiger partial charge in [-0.15, -0.1) is 6.58 Å². The summed E-state index contributed by atoms with van der Waals surface area (Å²) >= 11 is 0. The molecule has 0 bridgehead atoms. The van der Waals surface area contributed by atoms with Crippen LogP contribution < -0.4 is 5.32 Å². The highest BCUT2D eigenvalue weighted by atomic mass is 16.5. The minimum absolute atomic E-state index is 0. The van der Waals surface area contributed by atoms with E-state index in [9.17, 15) is 0 Å². The van der Waals surface area contributed by atoms with E-state index in [-0.39, 0.29) is 19.1 Å². The first kappa shape index (κ1) is 23.4. The maximum Gasteiger partial charge on any atom is 0.124 e. The van der Waals surface area contributed by atoms with Gasteiger partial charge in [-0.2, -0.15) is 0 Å². The lowest BCUT2D eigenvalue weighted by atomic mass is 9.80. The number of allylic oxidation sites excluding steroid dienone is 1. The number of nitrogens with zero attached hydrogens (tertiary/aromatic N) is 1. The fraction of sp³-hybridized carbons (Fsp3) is 0.560. The van der Waals surface area contributed by atoms with Gasteiger partial charge in [-0.05, 0) is 50.2 Å². The van der Waals surface area contributed by atoms with Crippen LogP contribution in [0.5, 0.6) is 0 Å². The molecular formula is C25H40N2O2. The second-order valence-electron chi connectivity index (χ2n) is 8.07. The van der Waals surface area contributed by atoms with Gasteiger partial charge in [-0.25, -0.2) is 0 Å². The van der Waals surface area contributed by atoms with Crippen molar-refractivity contribution in [3.63, 3.8) is 0 Å². The molecule has 2 unspecified atom stereocenters. The highest BCUT2D eigenvalue weighted by Gasteiger charge is 2.42. The molecule has 1 aromatic carbocycles. The fourth-order valence-corrected chi connectivity index (χ4v) is 3.84. The van der Waals surface area contributed by atoms with E-state index in [4.69, 9.17) is 14.5 Å². The quantitative estimate of drug-likeness (QED) is 0.351. The number of benzene rings is 1. The monoisotopic (exact) mass is 400 g/mol. The molecular weight excluding hydrogens is 360 g/mol.